The van der Waals surface area contributed by atoms with E-state index in [2.05, 4.69) is 23.6 Å². The summed E-state index contributed by atoms with van der Waals surface area (Å²) in [7, 11) is 0. The summed E-state index contributed by atoms with van der Waals surface area (Å²) >= 11 is 0. The highest BCUT2D eigenvalue weighted by Gasteiger charge is 2.40. The van der Waals surface area contributed by atoms with E-state index in [0.717, 1.165) is 12.5 Å². The first-order valence-corrected chi connectivity index (χ1v) is 8.41. The van der Waals surface area contributed by atoms with Crippen molar-refractivity contribution in [3.8, 4) is 0 Å². The van der Waals surface area contributed by atoms with Crippen molar-refractivity contribution in [3.05, 3.63) is 0 Å². The Kier molecular flexibility index (Phi) is 5.67. The summed E-state index contributed by atoms with van der Waals surface area (Å²) in [5.41, 5.74) is 6.55. The average Bonchev–Trinajstić information content (AvgIpc) is 2.48. The number of piperazine rings is 1. The van der Waals surface area contributed by atoms with Crippen LogP contribution in [0.15, 0.2) is 0 Å². The molecule has 2 rings (SSSR count). The average molecular weight is 267 g/mol. The van der Waals surface area contributed by atoms with E-state index in [4.69, 9.17) is 5.73 Å². The van der Waals surface area contributed by atoms with Crippen molar-refractivity contribution >= 4 is 0 Å². The SMILES string of the molecule is CCCN1CCN(C2(CN)CCCC(CC)C2)CC1. The second-order valence-corrected chi connectivity index (χ2v) is 6.63. The maximum Gasteiger partial charge on any atom is 0.0335 e. The van der Waals surface area contributed by atoms with E-state index < -0.39 is 0 Å². The van der Waals surface area contributed by atoms with E-state index in [9.17, 15) is 0 Å². The van der Waals surface area contributed by atoms with E-state index >= 15 is 0 Å². The fourth-order valence-corrected chi connectivity index (χ4v) is 4.17. The Morgan fingerprint density at radius 2 is 1.89 bits per heavy atom. The largest absolute Gasteiger partial charge is 0.329 e. The molecule has 0 aromatic heterocycles. The monoisotopic (exact) mass is 267 g/mol. The van der Waals surface area contributed by atoms with Crippen molar-refractivity contribution in [2.75, 3.05) is 39.3 Å². The maximum atomic E-state index is 6.22. The number of hydrogen-bond acceptors (Lipinski definition) is 3. The minimum atomic E-state index is 0.331. The van der Waals surface area contributed by atoms with E-state index in [1.165, 1.54) is 71.2 Å². The van der Waals surface area contributed by atoms with Crippen molar-refractivity contribution in [3.63, 3.8) is 0 Å². The first-order chi connectivity index (χ1) is 9.24. The predicted molar refractivity (Wildman–Crippen MR) is 82.3 cm³/mol. The van der Waals surface area contributed by atoms with Gasteiger partial charge in [0.1, 0.15) is 0 Å². The van der Waals surface area contributed by atoms with Crippen LogP contribution in [0.4, 0.5) is 0 Å². The molecule has 1 saturated heterocycles. The summed E-state index contributed by atoms with van der Waals surface area (Å²) in [4.78, 5) is 5.35. The summed E-state index contributed by atoms with van der Waals surface area (Å²) in [6.07, 6.45) is 8.08. The molecular weight excluding hydrogens is 234 g/mol. The topological polar surface area (TPSA) is 32.5 Å². The molecule has 2 N–H and O–H groups in total. The Balaban J connectivity index is 1.94. The van der Waals surface area contributed by atoms with Gasteiger partial charge in [-0.05, 0) is 31.7 Å². The number of rotatable bonds is 5. The molecule has 2 atom stereocenters. The molecule has 2 unspecified atom stereocenters. The summed E-state index contributed by atoms with van der Waals surface area (Å²) < 4.78 is 0. The number of nitrogens with two attached hydrogens (primary N) is 1. The van der Waals surface area contributed by atoms with E-state index in [-0.39, 0.29) is 0 Å². The molecule has 0 aromatic rings. The van der Waals surface area contributed by atoms with Gasteiger partial charge in [-0.3, -0.25) is 4.90 Å². The van der Waals surface area contributed by atoms with Crippen LogP contribution in [0.3, 0.4) is 0 Å². The standard InChI is InChI=1S/C16H33N3/c1-3-8-18-9-11-19(12-10-18)16(14-17)7-5-6-15(4-2)13-16/h15H,3-14,17H2,1-2H3. The molecule has 112 valence electrons. The summed E-state index contributed by atoms with van der Waals surface area (Å²) in [6, 6.07) is 0. The molecule has 3 heteroatoms. The molecule has 0 spiro atoms. The normalized spacial score (nSPS) is 34.6. The third-order valence-corrected chi connectivity index (χ3v) is 5.46. The lowest BCUT2D eigenvalue weighted by Gasteiger charge is -2.51. The fraction of sp³-hybridized carbons (Fsp3) is 1.00. The fourth-order valence-electron chi connectivity index (χ4n) is 4.17. The van der Waals surface area contributed by atoms with Gasteiger partial charge in [0.15, 0.2) is 0 Å². The van der Waals surface area contributed by atoms with Gasteiger partial charge in [0, 0.05) is 38.3 Å². The zero-order valence-corrected chi connectivity index (χ0v) is 13.0. The quantitative estimate of drug-likeness (QED) is 0.830. The molecule has 0 aromatic carbocycles. The van der Waals surface area contributed by atoms with E-state index in [1.54, 1.807) is 0 Å². The molecule has 0 amide bonds. The molecule has 19 heavy (non-hydrogen) atoms. The minimum Gasteiger partial charge on any atom is -0.329 e. The molecule has 2 aliphatic rings. The van der Waals surface area contributed by atoms with Crippen LogP contribution < -0.4 is 5.73 Å². The van der Waals surface area contributed by atoms with Gasteiger partial charge >= 0.3 is 0 Å². The Labute approximate surface area is 119 Å². The van der Waals surface area contributed by atoms with E-state index in [0.29, 0.717) is 5.54 Å². The van der Waals surface area contributed by atoms with Crippen molar-refractivity contribution in [2.24, 2.45) is 11.7 Å². The Hall–Kier alpha value is -0.120. The molecule has 0 bridgehead atoms. The molecule has 3 nitrogen and oxygen atoms in total. The molecule has 1 aliphatic carbocycles. The van der Waals surface area contributed by atoms with Gasteiger partial charge in [0.25, 0.3) is 0 Å². The van der Waals surface area contributed by atoms with Crippen LogP contribution in [-0.2, 0) is 0 Å². The van der Waals surface area contributed by atoms with Gasteiger partial charge in [-0.2, -0.15) is 0 Å². The van der Waals surface area contributed by atoms with Gasteiger partial charge in [-0.1, -0.05) is 33.1 Å². The maximum absolute atomic E-state index is 6.22. The predicted octanol–water partition coefficient (Wildman–Crippen LogP) is 2.31. The second kappa shape index (κ2) is 7.05. The summed E-state index contributed by atoms with van der Waals surface area (Å²) in [5, 5.41) is 0. The summed E-state index contributed by atoms with van der Waals surface area (Å²) in [6.45, 7) is 11.7. The lowest BCUT2D eigenvalue weighted by atomic mass is 9.73. The van der Waals surface area contributed by atoms with Gasteiger partial charge in [0.2, 0.25) is 0 Å². The lowest BCUT2D eigenvalue weighted by molar-refractivity contribution is -0.00160. The first-order valence-electron chi connectivity index (χ1n) is 8.41. The molecule has 1 heterocycles. The third kappa shape index (κ3) is 3.50. The van der Waals surface area contributed by atoms with E-state index in [1.807, 2.05) is 0 Å². The van der Waals surface area contributed by atoms with Gasteiger partial charge < -0.3 is 10.6 Å². The highest BCUT2D eigenvalue weighted by Crippen LogP contribution is 2.38. The van der Waals surface area contributed by atoms with Crippen molar-refractivity contribution in [2.45, 2.75) is 57.9 Å². The Morgan fingerprint density at radius 3 is 2.47 bits per heavy atom. The minimum absolute atomic E-state index is 0.331. The van der Waals surface area contributed by atoms with Gasteiger partial charge in [-0.25, -0.2) is 0 Å². The molecule has 1 saturated carbocycles. The van der Waals surface area contributed by atoms with Crippen molar-refractivity contribution in [1.82, 2.24) is 9.80 Å². The zero-order valence-electron chi connectivity index (χ0n) is 13.0. The second-order valence-electron chi connectivity index (χ2n) is 6.63. The van der Waals surface area contributed by atoms with Crippen LogP contribution in [0.2, 0.25) is 0 Å². The summed E-state index contributed by atoms with van der Waals surface area (Å²) in [5.74, 6) is 0.908. The van der Waals surface area contributed by atoms with Crippen LogP contribution >= 0.6 is 0 Å². The molecule has 0 radical (unpaired) electrons. The number of nitrogens with zero attached hydrogens (tertiary/aromatic N) is 2. The van der Waals surface area contributed by atoms with Crippen molar-refractivity contribution < 1.29 is 0 Å². The molecule has 2 fully saturated rings. The van der Waals surface area contributed by atoms with Gasteiger partial charge in [-0.15, -0.1) is 0 Å². The smallest absolute Gasteiger partial charge is 0.0335 e. The van der Waals surface area contributed by atoms with Gasteiger partial charge in [0.05, 0.1) is 0 Å². The van der Waals surface area contributed by atoms with Crippen LogP contribution in [0.25, 0.3) is 0 Å². The molecule has 1 aliphatic heterocycles. The highest BCUT2D eigenvalue weighted by molar-refractivity contribution is 4.98. The van der Waals surface area contributed by atoms with Crippen LogP contribution in [0, 0.1) is 5.92 Å². The zero-order chi connectivity index (χ0) is 13.7. The molecular formula is C16H33N3. The highest BCUT2D eigenvalue weighted by atomic mass is 15.3. The third-order valence-electron chi connectivity index (χ3n) is 5.46. The van der Waals surface area contributed by atoms with Crippen LogP contribution in [0.5, 0.6) is 0 Å². The number of hydrogen-bond donors (Lipinski definition) is 1. The Bertz CT molecular complexity index is 261. The first kappa shape index (κ1) is 15.3. The van der Waals surface area contributed by atoms with Crippen molar-refractivity contribution in [1.29, 1.82) is 0 Å². The Morgan fingerprint density at radius 1 is 1.16 bits per heavy atom. The van der Waals surface area contributed by atoms with Crippen LogP contribution in [-0.4, -0.2) is 54.6 Å². The lowest BCUT2D eigenvalue weighted by Crippen LogP contribution is -2.61. The van der Waals surface area contributed by atoms with Crippen LogP contribution in [0.1, 0.15) is 52.4 Å².